The zero-order chi connectivity index (χ0) is 20.5. The molecule has 5 heteroatoms. The van der Waals surface area contributed by atoms with E-state index in [1.807, 2.05) is 18.7 Å². The summed E-state index contributed by atoms with van der Waals surface area (Å²) in [5.41, 5.74) is 4.88. The number of aromatic nitrogens is 2. The van der Waals surface area contributed by atoms with Crippen molar-refractivity contribution >= 4 is 11.7 Å². The summed E-state index contributed by atoms with van der Waals surface area (Å²) in [5.74, 6) is 2.93. The highest BCUT2D eigenvalue weighted by Gasteiger charge is 2.30. The first-order valence-corrected chi connectivity index (χ1v) is 10.9. The van der Waals surface area contributed by atoms with E-state index in [9.17, 15) is 4.79 Å². The van der Waals surface area contributed by atoms with E-state index in [-0.39, 0.29) is 11.8 Å². The zero-order valence-corrected chi connectivity index (χ0v) is 18.1. The van der Waals surface area contributed by atoms with Crippen molar-refractivity contribution in [2.45, 2.75) is 52.9 Å². The van der Waals surface area contributed by atoms with Crippen LogP contribution in [0.1, 0.15) is 60.8 Å². The Morgan fingerprint density at radius 2 is 1.69 bits per heavy atom. The minimum absolute atomic E-state index is 0.0569. The third-order valence-corrected chi connectivity index (χ3v) is 6.04. The second-order valence-corrected chi connectivity index (χ2v) is 8.87. The Morgan fingerprint density at radius 1 is 1.03 bits per heavy atom. The summed E-state index contributed by atoms with van der Waals surface area (Å²) in [6.45, 7) is 11.4. The number of aryl methyl sites for hydroxylation is 2. The van der Waals surface area contributed by atoms with Crippen molar-refractivity contribution < 1.29 is 4.79 Å². The molecule has 2 aromatic rings. The number of amides is 1. The van der Waals surface area contributed by atoms with E-state index in [1.54, 1.807) is 0 Å². The van der Waals surface area contributed by atoms with Crippen LogP contribution in [0, 0.1) is 19.8 Å². The molecule has 0 N–H and O–H groups in total. The van der Waals surface area contributed by atoms with Gasteiger partial charge in [-0.1, -0.05) is 43.7 Å². The molecule has 1 saturated carbocycles. The Balaban J connectivity index is 1.60. The first-order valence-electron chi connectivity index (χ1n) is 10.9. The van der Waals surface area contributed by atoms with Crippen LogP contribution >= 0.6 is 0 Å². The molecule has 1 aromatic carbocycles. The number of piperazine rings is 1. The van der Waals surface area contributed by atoms with Crippen molar-refractivity contribution in [3.05, 3.63) is 52.5 Å². The van der Waals surface area contributed by atoms with Crippen LogP contribution in [0.5, 0.6) is 0 Å². The van der Waals surface area contributed by atoms with E-state index in [0.29, 0.717) is 5.92 Å². The van der Waals surface area contributed by atoms with E-state index in [4.69, 9.17) is 9.97 Å². The summed E-state index contributed by atoms with van der Waals surface area (Å²) in [4.78, 5) is 26.6. The van der Waals surface area contributed by atoms with E-state index in [0.717, 1.165) is 49.9 Å². The SMILES string of the molecule is Cc1ccc(Cc2c(C)nc(C3CC3)nc2N2CCN(C(=O)C(C)C)CC2)cc1. The molecular formula is C24H32N4O. The molecule has 29 heavy (non-hydrogen) atoms. The lowest BCUT2D eigenvalue weighted by atomic mass is 10.0. The lowest BCUT2D eigenvalue weighted by Gasteiger charge is -2.37. The summed E-state index contributed by atoms with van der Waals surface area (Å²) in [7, 11) is 0. The Morgan fingerprint density at radius 3 is 2.28 bits per heavy atom. The molecule has 1 aromatic heterocycles. The lowest BCUT2D eigenvalue weighted by molar-refractivity contribution is -0.134. The standard InChI is InChI=1S/C24H32N4O/c1-16(2)24(29)28-13-11-27(12-14-28)23-21(15-19-7-5-17(3)6-8-19)18(4)25-22(26-23)20-9-10-20/h5-8,16,20H,9-15H2,1-4H3. The van der Waals surface area contributed by atoms with Crippen LogP contribution in [0.2, 0.25) is 0 Å². The predicted molar refractivity (Wildman–Crippen MR) is 116 cm³/mol. The summed E-state index contributed by atoms with van der Waals surface area (Å²) in [6, 6.07) is 8.74. The molecule has 0 radical (unpaired) electrons. The van der Waals surface area contributed by atoms with Gasteiger partial charge in [0.2, 0.25) is 5.91 Å². The normalized spacial score (nSPS) is 17.1. The van der Waals surface area contributed by atoms with E-state index in [1.165, 1.54) is 29.5 Å². The van der Waals surface area contributed by atoms with Gasteiger partial charge in [-0.2, -0.15) is 0 Å². The summed E-state index contributed by atoms with van der Waals surface area (Å²) in [5, 5.41) is 0. The molecule has 0 bridgehead atoms. The topological polar surface area (TPSA) is 49.3 Å². The Labute approximate surface area is 174 Å². The molecule has 154 valence electrons. The smallest absolute Gasteiger partial charge is 0.225 e. The Kier molecular flexibility index (Phi) is 5.57. The number of hydrogen-bond acceptors (Lipinski definition) is 4. The first kappa shape index (κ1) is 19.9. The largest absolute Gasteiger partial charge is 0.353 e. The van der Waals surface area contributed by atoms with Gasteiger partial charge in [0.25, 0.3) is 0 Å². The van der Waals surface area contributed by atoms with Crippen LogP contribution in [0.4, 0.5) is 5.82 Å². The quantitative estimate of drug-likeness (QED) is 0.775. The maximum Gasteiger partial charge on any atom is 0.225 e. The van der Waals surface area contributed by atoms with Gasteiger partial charge in [-0.25, -0.2) is 9.97 Å². The number of hydrogen-bond donors (Lipinski definition) is 0. The lowest BCUT2D eigenvalue weighted by Crippen LogP contribution is -2.50. The number of anilines is 1. The molecule has 1 saturated heterocycles. The van der Waals surface area contributed by atoms with E-state index < -0.39 is 0 Å². The fraction of sp³-hybridized carbons (Fsp3) is 0.542. The first-order chi connectivity index (χ1) is 13.9. The summed E-state index contributed by atoms with van der Waals surface area (Å²) < 4.78 is 0. The van der Waals surface area contributed by atoms with Crippen LogP contribution < -0.4 is 4.90 Å². The summed E-state index contributed by atoms with van der Waals surface area (Å²) >= 11 is 0. The van der Waals surface area contributed by atoms with Crippen molar-refractivity contribution in [2.75, 3.05) is 31.1 Å². The second kappa shape index (κ2) is 8.13. The van der Waals surface area contributed by atoms with Crippen molar-refractivity contribution in [2.24, 2.45) is 5.92 Å². The van der Waals surface area contributed by atoms with Crippen LogP contribution in [0.15, 0.2) is 24.3 Å². The summed E-state index contributed by atoms with van der Waals surface area (Å²) in [6.07, 6.45) is 3.25. The average molecular weight is 393 g/mol. The highest BCUT2D eigenvalue weighted by atomic mass is 16.2. The van der Waals surface area contributed by atoms with E-state index in [2.05, 4.69) is 43.0 Å². The predicted octanol–water partition coefficient (Wildman–Crippen LogP) is 3.87. The molecule has 4 rings (SSSR count). The zero-order valence-electron chi connectivity index (χ0n) is 18.1. The fourth-order valence-electron chi connectivity index (χ4n) is 4.01. The highest BCUT2D eigenvalue weighted by molar-refractivity contribution is 5.78. The third-order valence-electron chi connectivity index (χ3n) is 6.04. The van der Waals surface area contributed by atoms with Crippen LogP contribution in [-0.4, -0.2) is 47.0 Å². The third kappa shape index (κ3) is 4.44. The molecule has 1 aliphatic heterocycles. The van der Waals surface area contributed by atoms with Crippen LogP contribution in [0.3, 0.4) is 0 Å². The molecule has 1 amide bonds. The van der Waals surface area contributed by atoms with Crippen LogP contribution in [-0.2, 0) is 11.2 Å². The Bertz CT molecular complexity index is 878. The second-order valence-electron chi connectivity index (χ2n) is 8.87. The molecule has 0 unspecified atom stereocenters. The van der Waals surface area contributed by atoms with Crippen molar-refractivity contribution in [1.82, 2.24) is 14.9 Å². The number of benzene rings is 1. The van der Waals surface area contributed by atoms with Gasteiger partial charge in [-0.15, -0.1) is 0 Å². The number of carbonyl (C=O) groups is 1. The molecule has 5 nitrogen and oxygen atoms in total. The molecule has 2 fully saturated rings. The molecule has 2 heterocycles. The molecule has 1 aliphatic carbocycles. The van der Waals surface area contributed by atoms with Gasteiger partial charge in [0, 0.05) is 55.7 Å². The molecular weight excluding hydrogens is 360 g/mol. The molecule has 2 aliphatic rings. The number of rotatable bonds is 5. The fourth-order valence-corrected chi connectivity index (χ4v) is 4.01. The van der Waals surface area contributed by atoms with Gasteiger partial charge in [-0.05, 0) is 32.3 Å². The van der Waals surface area contributed by atoms with Crippen molar-refractivity contribution in [3.63, 3.8) is 0 Å². The van der Waals surface area contributed by atoms with Crippen molar-refractivity contribution in [3.8, 4) is 0 Å². The van der Waals surface area contributed by atoms with E-state index >= 15 is 0 Å². The van der Waals surface area contributed by atoms with Gasteiger partial charge in [0.1, 0.15) is 11.6 Å². The van der Waals surface area contributed by atoms with Gasteiger partial charge in [-0.3, -0.25) is 4.79 Å². The molecule has 0 spiro atoms. The average Bonchev–Trinajstić information content (AvgIpc) is 3.56. The maximum absolute atomic E-state index is 12.4. The van der Waals surface area contributed by atoms with Gasteiger partial charge >= 0.3 is 0 Å². The Hall–Kier alpha value is -2.43. The number of nitrogens with zero attached hydrogens (tertiary/aromatic N) is 4. The maximum atomic E-state index is 12.4. The van der Waals surface area contributed by atoms with Gasteiger partial charge in [0.05, 0.1) is 0 Å². The van der Waals surface area contributed by atoms with Gasteiger partial charge < -0.3 is 9.80 Å². The highest BCUT2D eigenvalue weighted by Crippen LogP contribution is 2.39. The minimum atomic E-state index is 0.0569. The molecule has 0 atom stereocenters. The van der Waals surface area contributed by atoms with Crippen molar-refractivity contribution in [1.29, 1.82) is 0 Å². The minimum Gasteiger partial charge on any atom is -0.353 e. The monoisotopic (exact) mass is 392 g/mol. The van der Waals surface area contributed by atoms with Crippen LogP contribution in [0.25, 0.3) is 0 Å². The van der Waals surface area contributed by atoms with Gasteiger partial charge in [0.15, 0.2) is 0 Å². The number of carbonyl (C=O) groups excluding carboxylic acids is 1.